The molecule has 1 amide bonds. The second kappa shape index (κ2) is 7.36. The number of ether oxygens (including phenoxy) is 2. The summed E-state index contributed by atoms with van der Waals surface area (Å²) in [7, 11) is -1.52. The van der Waals surface area contributed by atoms with Gasteiger partial charge in [0.25, 0.3) is 5.91 Å². The molecule has 9 heteroatoms. The first-order valence-electron chi connectivity index (χ1n) is 8.06. The second-order valence-electron chi connectivity index (χ2n) is 6.13. The molecule has 1 aliphatic rings. The van der Waals surface area contributed by atoms with E-state index in [4.69, 9.17) is 13.9 Å². The summed E-state index contributed by atoms with van der Waals surface area (Å²) >= 11 is 0. The zero-order valence-electron chi connectivity index (χ0n) is 14.2. The zero-order valence-corrected chi connectivity index (χ0v) is 15.0. The monoisotopic (exact) mass is 381 g/mol. The molecular weight excluding hydrogens is 362 g/mol. The standard InChI is InChI=1S/C17H19NO7S/c1-23-13-2-3-14-11(8-24-15(14)7-13)6-17(20)25-9-16(19)18-12-4-5-26(21,22)10-12/h2-3,7-8,12H,4-6,9-10H2,1H3,(H,18,19)/t12-/m1/s1. The Morgan fingerprint density at radius 3 is 2.85 bits per heavy atom. The fourth-order valence-electron chi connectivity index (χ4n) is 2.86. The van der Waals surface area contributed by atoms with Gasteiger partial charge in [-0.3, -0.25) is 9.59 Å². The molecule has 1 saturated heterocycles. The van der Waals surface area contributed by atoms with Crippen LogP contribution in [-0.4, -0.2) is 51.6 Å². The van der Waals surface area contributed by atoms with Gasteiger partial charge in [-0.15, -0.1) is 0 Å². The first-order valence-corrected chi connectivity index (χ1v) is 9.88. The number of carbonyl (C=O) groups excluding carboxylic acids is 2. The predicted octanol–water partition coefficient (Wildman–Crippen LogP) is 0.830. The van der Waals surface area contributed by atoms with Crippen LogP contribution in [0.1, 0.15) is 12.0 Å². The number of hydrogen-bond acceptors (Lipinski definition) is 7. The highest BCUT2D eigenvalue weighted by Gasteiger charge is 2.29. The lowest BCUT2D eigenvalue weighted by Gasteiger charge is -2.10. The summed E-state index contributed by atoms with van der Waals surface area (Å²) in [5, 5.41) is 3.33. The fourth-order valence-corrected chi connectivity index (χ4v) is 4.53. The molecule has 8 nitrogen and oxygen atoms in total. The molecule has 140 valence electrons. The van der Waals surface area contributed by atoms with Crippen LogP contribution in [0.15, 0.2) is 28.9 Å². The molecule has 0 unspecified atom stereocenters. The minimum atomic E-state index is -3.07. The average Bonchev–Trinajstić information content (AvgIpc) is 3.15. The molecule has 1 aromatic carbocycles. The van der Waals surface area contributed by atoms with Crippen molar-refractivity contribution in [1.82, 2.24) is 5.32 Å². The van der Waals surface area contributed by atoms with Crippen LogP contribution in [0.25, 0.3) is 11.0 Å². The van der Waals surface area contributed by atoms with Gasteiger partial charge in [-0.2, -0.15) is 0 Å². The normalized spacial score (nSPS) is 18.6. The van der Waals surface area contributed by atoms with Gasteiger partial charge < -0.3 is 19.2 Å². The van der Waals surface area contributed by atoms with Gasteiger partial charge in [0, 0.05) is 23.1 Å². The summed E-state index contributed by atoms with van der Waals surface area (Å²) in [6, 6.07) is 4.84. The smallest absolute Gasteiger partial charge is 0.310 e. The van der Waals surface area contributed by atoms with Crippen LogP contribution in [0.5, 0.6) is 5.75 Å². The van der Waals surface area contributed by atoms with E-state index in [1.54, 1.807) is 25.3 Å². The van der Waals surface area contributed by atoms with E-state index in [1.807, 2.05) is 0 Å². The van der Waals surface area contributed by atoms with Gasteiger partial charge in [0.1, 0.15) is 11.3 Å². The Hall–Kier alpha value is -2.55. The minimum Gasteiger partial charge on any atom is -0.497 e. The molecule has 0 saturated carbocycles. The predicted molar refractivity (Wildman–Crippen MR) is 92.6 cm³/mol. The first kappa shape index (κ1) is 18.2. The van der Waals surface area contributed by atoms with E-state index in [9.17, 15) is 18.0 Å². The number of rotatable bonds is 6. The third-order valence-electron chi connectivity index (χ3n) is 4.16. The molecule has 2 heterocycles. The van der Waals surface area contributed by atoms with Crippen molar-refractivity contribution >= 4 is 32.7 Å². The van der Waals surface area contributed by atoms with Crippen molar-refractivity contribution < 1.29 is 31.9 Å². The van der Waals surface area contributed by atoms with Gasteiger partial charge in [-0.25, -0.2) is 8.42 Å². The number of carbonyl (C=O) groups is 2. The Morgan fingerprint density at radius 2 is 2.15 bits per heavy atom. The van der Waals surface area contributed by atoms with E-state index in [0.717, 1.165) is 5.39 Å². The number of esters is 1. The van der Waals surface area contributed by atoms with Crippen LogP contribution in [0.4, 0.5) is 0 Å². The fraction of sp³-hybridized carbons (Fsp3) is 0.412. The van der Waals surface area contributed by atoms with Crippen LogP contribution >= 0.6 is 0 Å². The Morgan fingerprint density at radius 1 is 1.35 bits per heavy atom. The summed E-state index contributed by atoms with van der Waals surface area (Å²) < 4.78 is 38.2. The molecular formula is C17H19NO7S. The molecule has 1 aromatic heterocycles. The van der Waals surface area contributed by atoms with Crippen molar-refractivity contribution in [3.63, 3.8) is 0 Å². The lowest BCUT2D eigenvalue weighted by atomic mass is 10.1. The van der Waals surface area contributed by atoms with Crippen LogP contribution < -0.4 is 10.1 Å². The van der Waals surface area contributed by atoms with Gasteiger partial charge >= 0.3 is 5.97 Å². The molecule has 3 rings (SSSR count). The summed E-state index contributed by atoms with van der Waals surface area (Å²) in [6.45, 7) is -0.445. The summed E-state index contributed by atoms with van der Waals surface area (Å²) in [6.07, 6.45) is 1.81. The Labute approximate surface area is 150 Å². The molecule has 0 aliphatic carbocycles. The van der Waals surface area contributed by atoms with Crippen LogP contribution in [0.3, 0.4) is 0 Å². The second-order valence-corrected chi connectivity index (χ2v) is 8.36. The number of nitrogens with one attached hydrogen (secondary N) is 1. The summed E-state index contributed by atoms with van der Waals surface area (Å²) in [5.74, 6) is -0.445. The third-order valence-corrected chi connectivity index (χ3v) is 5.93. The van der Waals surface area contributed by atoms with Crippen molar-refractivity contribution in [2.24, 2.45) is 0 Å². The average molecular weight is 381 g/mol. The van der Waals surface area contributed by atoms with Crippen LogP contribution in [0, 0.1) is 0 Å². The van der Waals surface area contributed by atoms with E-state index in [1.165, 1.54) is 6.26 Å². The summed E-state index contributed by atoms with van der Waals surface area (Å²) in [4.78, 5) is 23.7. The lowest BCUT2D eigenvalue weighted by Crippen LogP contribution is -2.38. The highest BCUT2D eigenvalue weighted by molar-refractivity contribution is 7.91. The van der Waals surface area contributed by atoms with Gasteiger partial charge in [0.2, 0.25) is 0 Å². The van der Waals surface area contributed by atoms with Crippen LogP contribution in [0.2, 0.25) is 0 Å². The van der Waals surface area contributed by atoms with E-state index in [-0.39, 0.29) is 17.9 Å². The molecule has 26 heavy (non-hydrogen) atoms. The number of benzene rings is 1. The Kier molecular flexibility index (Phi) is 5.17. The molecule has 1 aliphatic heterocycles. The van der Waals surface area contributed by atoms with Crippen molar-refractivity contribution in [2.45, 2.75) is 18.9 Å². The third kappa shape index (κ3) is 4.34. The molecule has 1 fully saturated rings. The highest BCUT2D eigenvalue weighted by atomic mass is 32.2. The largest absolute Gasteiger partial charge is 0.497 e. The number of fused-ring (bicyclic) bond motifs is 1. The van der Waals surface area contributed by atoms with Crippen LogP contribution in [-0.2, 0) is 30.6 Å². The Balaban J connectivity index is 1.50. The SMILES string of the molecule is COc1ccc2c(CC(=O)OCC(=O)N[C@@H]3CCS(=O)(=O)C3)coc2c1. The summed E-state index contributed by atoms with van der Waals surface area (Å²) in [5.41, 5.74) is 1.24. The van der Waals surface area contributed by atoms with Crippen molar-refractivity contribution in [1.29, 1.82) is 0 Å². The van der Waals surface area contributed by atoms with E-state index in [0.29, 0.717) is 23.3 Å². The molecule has 0 bridgehead atoms. The molecule has 0 radical (unpaired) electrons. The lowest BCUT2D eigenvalue weighted by molar-refractivity contribution is -0.148. The van der Waals surface area contributed by atoms with E-state index >= 15 is 0 Å². The maximum Gasteiger partial charge on any atom is 0.310 e. The van der Waals surface area contributed by atoms with Crippen molar-refractivity contribution in [3.8, 4) is 5.75 Å². The Bertz CT molecular complexity index is 932. The van der Waals surface area contributed by atoms with E-state index < -0.39 is 34.4 Å². The highest BCUT2D eigenvalue weighted by Crippen LogP contribution is 2.26. The molecule has 1 N–H and O–H groups in total. The molecule has 1 atom stereocenters. The van der Waals surface area contributed by atoms with Gasteiger partial charge in [-0.05, 0) is 18.6 Å². The number of amides is 1. The number of furan rings is 1. The topological polar surface area (TPSA) is 112 Å². The maximum atomic E-state index is 12.0. The molecule has 2 aromatic rings. The van der Waals surface area contributed by atoms with Gasteiger partial charge in [0.15, 0.2) is 16.4 Å². The molecule has 0 spiro atoms. The van der Waals surface area contributed by atoms with E-state index in [2.05, 4.69) is 5.32 Å². The van der Waals surface area contributed by atoms with Gasteiger partial charge in [0.05, 0.1) is 31.3 Å². The number of hydrogen-bond donors (Lipinski definition) is 1. The minimum absolute atomic E-state index is 0.0373. The first-order chi connectivity index (χ1) is 12.4. The zero-order chi connectivity index (χ0) is 18.7. The quantitative estimate of drug-likeness (QED) is 0.738. The number of methoxy groups -OCH3 is 1. The van der Waals surface area contributed by atoms with Crippen molar-refractivity contribution in [2.75, 3.05) is 25.2 Å². The van der Waals surface area contributed by atoms with Gasteiger partial charge in [-0.1, -0.05) is 0 Å². The number of sulfone groups is 1. The van der Waals surface area contributed by atoms with Crippen molar-refractivity contribution in [3.05, 3.63) is 30.0 Å². The maximum absolute atomic E-state index is 12.0.